The highest BCUT2D eigenvalue weighted by Gasteiger charge is 2.33. The summed E-state index contributed by atoms with van der Waals surface area (Å²) in [5.74, 6) is -0.269. The van der Waals surface area contributed by atoms with Crippen molar-refractivity contribution in [1.82, 2.24) is 9.88 Å². The van der Waals surface area contributed by atoms with Crippen molar-refractivity contribution in [2.75, 3.05) is 13.1 Å². The molecule has 1 aromatic carbocycles. The van der Waals surface area contributed by atoms with Crippen molar-refractivity contribution in [3.05, 3.63) is 66.2 Å². The van der Waals surface area contributed by atoms with E-state index in [0.29, 0.717) is 6.54 Å². The molecule has 2 unspecified atom stereocenters. The molecule has 1 aliphatic heterocycles. The van der Waals surface area contributed by atoms with Gasteiger partial charge < -0.3 is 9.52 Å². The van der Waals surface area contributed by atoms with Crippen molar-refractivity contribution < 1.29 is 14.3 Å². The first-order valence-corrected chi connectivity index (χ1v) is 8.58. The SMILES string of the molecule is O=C(O)C1CCCN(C(c2ccc3ccccc3n2)c2ccco2)C1. The van der Waals surface area contributed by atoms with E-state index >= 15 is 0 Å². The van der Waals surface area contributed by atoms with Gasteiger partial charge in [0, 0.05) is 11.9 Å². The van der Waals surface area contributed by atoms with Gasteiger partial charge >= 0.3 is 5.97 Å². The number of piperidine rings is 1. The van der Waals surface area contributed by atoms with Crippen LogP contribution in [0.3, 0.4) is 0 Å². The quantitative estimate of drug-likeness (QED) is 0.786. The number of benzene rings is 1. The lowest BCUT2D eigenvalue weighted by atomic mass is 9.95. The molecule has 0 spiro atoms. The molecule has 4 rings (SSSR count). The van der Waals surface area contributed by atoms with E-state index in [9.17, 15) is 9.90 Å². The topological polar surface area (TPSA) is 66.6 Å². The number of carboxylic acids is 1. The molecule has 2 atom stereocenters. The standard InChI is InChI=1S/C20H20N2O3/c23-20(24)15-6-3-11-22(13-15)19(18-8-4-12-25-18)17-10-9-14-5-1-2-7-16(14)21-17/h1-2,4-5,7-10,12,15,19H,3,6,11,13H2,(H,23,24). The van der Waals surface area contributed by atoms with Crippen LogP contribution in [0.2, 0.25) is 0 Å². The number of pyridine rings is 1. The van der Waals surface area contributed by atoms with Gasteiger partial charge in [0.15, 0.2) is 0 Å². The normalized spacial score (nSPS) is 19.8. The third-order valence-corrected chi connectivity index (χ3v) is 4.88. The molecule has 1 N–H and O–H groups in total. The average Bonchev–Trinajstić information content (AvgIpc) is 3.16. The molecule has 5 nitrogen and oxygen atoms in total. The zero-order valence-electron chi connectivity index (χ0n) is 13.8. The maximum atomic E-state index is 11.5. The van der Waals surface area contributed by atoms with Gasteiger partial charge in [-0.25, -0.2) is 0 Å². The van der Waals surface area contributed by atoms with Crippen molar-refractivity contribution >= 4 is 16.9 Å². The number of rotatable bonds is 4. The van der Waals surface area contributed by atoms with Gasteiger partial charge in [0.05, 0.1) is 23.4 Å². The van der Waals surface area contributed by atoms with Crippen molar-refractivity contribution in [2.24, 2.45) is 5.92 Å². The predicted molar refractivity (Wildman–Crippen MR) is 94.2 cm³/mol. The van der Waals surface area contributed by atoms with Crippen LogP contribution in [0.25, 0.3) is 10.9 Å². The van der Waals surface area contributed by atoms with Crippen LogP contribution in [-0.4, -0.2) is 34.0 Å². The molecule has 0 bridgehead atoms. The first kappa shape index (κ1) is 15.8. The lowest BCUT2D eigenvalue weighted by Crippen LogP contribution is -2.41. The number of carboxylic acid groups (broad SMARTS) is 1. The third kappa shape index (κ3) is 3.15. The lowest BCUT2D eigenvalue weighted by Gasteiger charge is -2.35. The molecule has 1 saturated heterocycles. The largest absolute Gasteiger partial charge is 0.481 e. The minimum Gasteiger partial charge on any atom is -0.481 e. The Bertz CT molecular complexity index is 876. The van der Waals surface area contributed by atoms with Gasteiger partial charge in [-0.05, 0) is 43.7 Å². The van der Waals surface area contributed by atoms with Crippen LogP contribution in [0.5, 0.6) is 0 Å². The average molecular weight is 336 g/mol. The number of hydrogen-bond acceptors (Lipinski definition) is 4. The van der Waals surface area contributed by atoms with E-state index in [1.165, 1.54) is 0 Å². The van der Waals surface area contributed by atoms with Crippen molar-refractivity contribution in [1.29, 1.82) is 0 Å². The second-order valence-corrected chi connectivity index (χ2v) is 6.52. The summed E-state index contributed by atoms with van der Waals surface area (Å²) in [6, 6.07) is 15.7. The summed E-state index contributed by atoms with van der Waals surface area (Å²) >= 11 is 0. The van der Waals surface area contributed by atoms with Crippen LogP contribution < -0.4 is 0 Å². The molecule has 25 heavy (non-hydrogen) atoms. The molecule has 1 fully saturated rings. The Morgan fingerprint density at radius 1 is 1.20 bits per heavy atom. The van der Waals surface area contributed by atoms with Gasteiger partial charge in [-0.2, -0.15) is 0 Å². The Kier molecular flexibility index (Phi) is 4.24. The van der Waals surface area contributed by atoms with Crippen LogP contribution in [-0.2, 0) is 4.79 Å². The van der Waals surface area contributed by atoms with Crippen molar-refractivity contribution in [3.63, 3.8) is 0 Å². The van der Waals surface area contributed by atoms with E-state index in [1.54, 1.807) is 6.26 Å². The molecule has 5 heteroatoms. The highest BCUT2D eigenvalue weighted by molar-refractivity contribution is 5.78. The van der Waals surface area contributed by atoms with E-state index in [2.05, 4.69) is 11.0 Å². The Labute approximate surface area is 145 Å². The second-order valence-electron chi connectivity index (χ2n) is 6.52. The summed E-state index contributed by atoms with van der Waals surface area (Å²) in [4.78, 5) is 18.5. The Morgan fingerprint density at radius 3 is 2.88 bits per heavy atom. The number of para-hydroxylation sites is 1. The monoisotopic (exact) mass is 336 g/mol. The number of furan rings is 1. The second kappa shape index (κ2) is 6.69. The fourth-order valence-corrected chi connectivity index (χ4v) is 3.64. The van der Waals surface area contributed by atoms with E-state index in [0.717, 1.165) is 41.7 Å². The summed E-state index contributed by atoms with van der Waals surface area (Å²) in [7, 11) is 0. The summed E-state index contributed by atoms with van der Waals surface area (Å²) in [5, 5.41) is 10.5. The minimum absolute atomic E-state index is 0.165. The Balaban J connectivity index is 1.74. The highest BCUT2D eigenvalue weighted by Crippen LogP contribution is 2.32. The van der Waals surface area contributed by atoms with Crippen molar-refractivity contribution in [2.45, 2.75) is 18.9 Å². The minimum atomic E-state index is -0.727. The molecule has 3 aromatic rings. The van der Waals surface area contributed by atoms with Crippen LogP contribution in [0.15, 0.2) is 59.2 Å². The number of nitrogens with zero attached hydrogens (tertiary/aromatic N) is 2. The Hall–Kier alpha value is -2.66. The van der Waals surface area contributed by atoms with E-state index in [1.807, 2.05) is 42.5 Å². The molecule has 0 saturated carbocycles. The Morgan fingerprint density at radius 2 is 2.08 bits per heavy atom. The maximum absolute atomic E-state index is 11.5. The van der Waals surface area contributed by atoms with Gasteiger partial charge in [-0.1, -0.05) is 24.3 Å². The van der Waals surface area contributed by atoms with Gasteiger partial charge in [-0.15, -0.1) is 0 Å². The fraction of sp³-hybridized carbons (Fsp3) is 0.300. The molecular weight excluding hydrogens is 316 g/mol. The zero-order valence-corrected chi connectivity index (χ0v) is 13.8. The fourth-order valence-electron chi connectivity index (χ4n) is 3.64. The molecule has 1 aliphatic rings. The summed E-state index contributed by atoms with van der Waals surface area (Å²) in [6.45, 7) is 1.35. The molecule has 3 heterocycles. The molecular formula is C20H20N2O3. The number of aliphatic carboxylic acids is 1. The van der Waals surface area contributed by atoms with Gasteiger partial charge in [0.25, 0.3) is 0 Å². The predicted octanol–water partition coefficient (Wildman–Crippen LogP) is 3.71. The first-order chi connectivity index (χ1) is 12.2. The zero-order chi connectivity index (χ0) is 17.2. The third-order valence-electron chi connectivity index (χ3n) is 4.88. The van der Waals surface area contributed by atoms with Crippen LogP contribution in [0, 0.1) is 5.92 Å². The number of fused-ring (bicyclic) bond motifs is 1. The first-order valence-electron chi connectivity index (χ1n) is 8.58. The van der Waals surface area contributed by atoms with Crippen LogP contribution in [0.1, 0.15) is 30.3 Å². The van der Waals surface area contributed by atoms with Gasteiger partial charge in [-0.3, -0.25) is 14.7 Å². The number of likely N-dealkylation sites (tertiary alicyclic amines) is 1. The number of hydrogen-bond donors (Lipinski definition) is 1. The molecule has 0 radical (unpaired) electrons. The number of aromatic nitrogens is 1. The van der Waals surface area contributed by atoms with Gasteiger partial charge in [0.1, 0.15) is 11.8 Å². The summed E-state index contributed by atoms with van der Waals surface area (Å²) in [5.41, 5.74) is 1.82. The lowest BCUT2D eigenvalue weighted by molar-refractivity contribution is -0.143. The van der Waals surface area contributed by atoms with Crippen molar-refractivity contribution in [3.8, 4) is 0 Å². The molecule has 2 aromatic heterocycles. The molecule has 128 valence electrons. The van der Waals surface area contributed by atoms with E-state index in [4.69, 9.17) is 9.40 Å². The van der Waals surface area contributed by atoms with Crippen LogP contribution in [0.4, 0.5) is 0 Å². The van der Waals surface area contributed by atoms with E-state index in [-0.39, 0.29) is 12.0 Å². The van der Waals surface area contributed by atoms with Gasteiger partial charge in [0.2, 0.25) is 0 Å². The molecule has 0 aliphatic carbocycles. The maximum Gasteiger partial charge on any atom is 0.307 e. The molecule has 0 amide bonds. The van der Waals surface area contributed by atoms with Crippen LogP contribution >= 0.6 is 0 Å². The summed E-state index contributed by atoms with van der Waals surface area (Å²) in [6.07, 6.45) is 3.24. The summed E-state index contributed by atoms with van der Waals surface area (Å²) < 4.78 is 5.68. The highest BCUT2D eigenvalue weighted by atomic mass is 16.4. The van der Waals surface area contributed by atoms with E-state index < -0.39 is 5.97 Å². The smallest absolute Gasteiger partial charge is 0.307 e. The number of carbonyl (C=O) groups is 1.